The molecule has 4 heteroatoms. The number of nitrogens with zero attached hydrogens (tertiary/aromatic N) is 1. The third kappa shape index (κ3) is 2.71. The Bertz CT molecular complexity index is 1320. The van der Waals surface area contributed by atoms with E-state index in [4.69, 9.17) is 10.7 Å². The van der Waals surface area contributed by atoms with Crippen LogP contribution in [-0.4, -0.2) is 15.1 Å². The van der Waals surface area contributed by atoms with Crippen LogP contribution in [0.25, 0.3) is 44.2 Å². The number of pyridine rings is 1. The first kappa shape index (κ1) is 16.5. The first-order valence-electron chi connectivity index (χ1n) is 9.23. The molecule has 2 aromatic heterocycles. The van der Waals surface area contributed by atoms with E-state index in [2.05, 4.69) is 23.2 Å². The molecule has 0 spiro atoms. The number of aromatic nitrogens is 2. The number of rotatable bonds is 3. The minimum absolute atomic E-state index is 0.130. The molecule has 0 amide bonds. The average molecular weight is 365 g/mol. The number of hydrogen-bond acceptors (Lipinski definition) is 3. The van der Waals surface area contributed by atoms with Gasteiger partial charge in [-0.1, -0.05) is 48.5 Å². The summed E-state index contributed by atoms with van der Waals surface area (Å²) in [4.78, 5) is 7.83. The van der Waals surface area contributed by atoms with E-state index < -0.39 is 0 Å². The molecule has 0 bridgehead atoms. The topological polar surface area (TPSA) is 74.9 Å². The second-order valence-electron chi connectivity index (χ2n) is 6.90. The zero-order valence-electron chi connectivity index (χ0n) is 15.2. The molecule has 0 saturated heterocycles. The standard InChI is InChI=1S/C24H19N3O/c25-14-15-4-3-6-17(12-15)18-9-10-21-19(13-18)23(24(28)27-21)22-11-8-16-5-1-2-7-20(16)26-22/h1-13,27-28H,14,25H2. The largest absolute Gasteiger partial charge is 0.494 e. The van der Waals surface area contributed by atoms with E-state index in [1.807, 2.05) is 60.7 Å². The zero-order chi connectivity index (χ0) is 19.1. The first-order valence-corrected chi connectivity index (χ1v) is 9.23. The monoisotopic (exact) mass is 365 g/mol. The molecule has 2 heterocycles. The average Bonchev–Trinajstić information content (AvgIpc) is 3.08. The minimum Gasteiger partial charge on any atom is -0.494 e. The van der Waals surface area contributed by atoms with Crippen LogP contribution in [0.5, 0.6) is 5.88 Å². The van der Waals surface area contributed by atoms with Gasteiger partial charge in [0.1, 0.15) is 0 Å². The lowest BCUT2D eigenvalue weighted by Crippen LogP contribution is -1.95. The molecule has 5 rings (SSSR count). The number of aromatic amines is 1. The highest BCUT2D eigenvalue weighted by Crippen LogP contribution is 2.38. The predicted octanol–water partition coefficient (Wildman–Crippen LogP) is 5.21. The van der Waals surface area contributed by atoms with Crippen molar-refractivity contribution in [1.82, 2.24) is 9.97 Å². The van der Waals surface area contributed by atoms with Crippen LogP contribution < -0.4 is 5.73 Å². The third-order valence-corrected chi connectivity index (χ3v) is 5.13. The van der Waals surface area contributed by atoms with Gasteiger partial charge in [-0.2, -0.15) is 0 Å². The Morgan fingerprint density at radius 1 is 0.857 bits per heavy atom. The van der Waals surface area contributed by atoms with Crippen molar-refractivity contribution in [2.75, 3.05) is 0 Å². The van der Waals surface area contributed by atoms with Gasteiger partial charge in [-0.15, -0.1) is 0 Å². The fraction of sp³-hybridized carbons (Fsp3) is 0.0417. The molecule has 0 unspecified atom stereocenters. The van der Waals surface area contributed by atoms with Crippen LogP contribution in [0, 0.1) is 0 Å². The molecule has 5 aromatic rings. The van der Waals surface area contributed by atoms with Gasteiger partial charge in [0.05, 0.1) is 16.8 Å². The molecule has 136 valence electrons. The summed E-state index contributed by atoms with van der Waals surface area (Å²) in [7, 11) is 0. The summed E-state index contributed by atoms with van der Waals surface area (Å²) in [6.07, 6.45) is 0. The lowest BCUT2D eigenvalue weighted by Gasteiger charge is -2.06. The van der Waals surface area contributed by atoms with Gasteiger partial charge in [0.15, 0.2) is 5.88 Å². The van der Waals surface area contributed by atoms with Crippen LogP contribution in [0.3, 0.4) is 0 Å². The summed E-state index contributed by atoms with van der Waals surface area (Å²) in [5, 5.41) is 12.6. The fourth-order valence-corrected chi connectivity index (χ4v) is 3.70. The summed E-state index contributed by atoms with van der Waals surface area (Å²) >= 11 is 0. The summed E-state index contributed by atoms with van der Waals surface area (Å²) in [5.41, 5.74) is 12.3. The molecule has 4 nitrogen and oxygen atoms in total. The molecular formula is C24H19N3O. The van der Waals surface area contributed by atoms with E-state index in [1.54, 1.807) is 0 Å². The molecule has 3 aromatic carbocycles. The van der Waals surface area contributed by atoms with Gasteiger partial charge < -0.3 is 15.8 Å². The van der Waals surface area contributed by atoms with Crippen molar-refractivity contribution in [3.63, 3.8) is 0 Å². The summed E-state index contributed by atoms with van der Waals surface area (Å²) in [5.74, 6) is 0.130. The maximum atomic E-state index is 10.6. The van der Waals surface area contributed by atoms with Crippen molar-refractivity contribution in [1.29, 1.82) is 0 Å². The van der Waals surface area contributed by atoms with E-state index in [0.717, 1.165) is 49.8 Å². The Morgan fingerprint density at radius 2 is 1.71 bits per heavy atom. The van der Waals surface area contributed by atoms with Crippen molar-refractivity contribution in [3.8, 4) is 28.3 Å². The normalized spacial score (nSPS) is 11.3. The number of benzene rings is 3. The third-order valence-electron chi connectivity index (χ3n) is 5.13. The van der Waals surface area contributed by atoms with Gasteiger partial charge in [-0.05, 0) is 47.0 Å². The predicted molar refractivity (Wildman–Crippen MR) is 114 cm³/mol. The van der Waals surface area contributed by atoms with E-state index in [-0.39, 0.29) is 5.88 Å². The summed E-state index contributed by atoms with van der Waals surface area (Å²) in [6, 6.07) is 26.3. The van der Waals surface area contributed by atoms with Gasteiger partial charge >= 0.3 is 0 Å². The molecule has 0 aliphatic rings. The quantitative estimate of drug-likeness (QED) is 0.411. The SMILES string of the molecule is NCc1cccc(-c2ccc3[nH]c(O)c(-c4ccc5ccccc5n4)c3c2)c1. The second kappa shape index (κ2) is 6.51. The molecule has 0 aliphatic carbocycles. The van der Waals surface area contributed by atoms with Crippen molar-refractivity contribution in [2.45, 2.75) is 6.54 Å². The summed E-state index contributed by atoms with van der Waals surface area (Å²) < 4.78 is 0. The van der Waals surface area contributed by atoms with Crippen LogP contribution in [0.15, 0.2) is 78.9 Å². The van der Waals surface area contributed by atoms with Crippen LogP contribution in [0.1, 0.15) is 5.56 Å². The lowest BCUT2D eigenvalue weighted by molar-refractivity contribution is 0.460. The summed E-state index contributed by atoms with van der Waals surface area (Å²) in [6.45, 7) is 0.507. The van der Waals surface area contributed by atoms with Crippen molar-refractivity contribution in [3.05, 3.63) is 84.4 Å². The lowest BCUT2D eigenvalue weighted by atomic mass is 9.99. The maximum absolute atomic E-state index is 10.6. The number of H-pyrrole nitrogens is 1. The van der Waals surface area contributed by atoms with Crippen LogP contribution in [0.2, 0.25) is 0 Å². The Hall–Kier alpha value is -3.63. The molecule has 0 saturated carbocycles. The smallest absolute Gasteiger partial charge is 0.199 e. The molecule has 0 radical (unpaired) electrons. The number of nitrogens with two attached hydrogens (primary N) is 1. The molecule has 28 heavy (non-hydrogen) atoms. The number of hydrogen-bond donors (Lipinski definition) is 3. The number of nitrogens with one attached hydrogen (secondary N) is 1. The van der Waals surface area contributed by atoms with E-state index in [9.17, 15) is 5.11 Å². The highest BCUT2D eigenvalue weighted by Gasteiger charge is 2.15. The fourth-order valence-electron chi connectivity index (χ4n) is 3.70. The van der Waals surface area contributed by atoms with Gasteiger partial charge in [-0.3, -0.25) is 0 Å². The molecule has 4 N–H and O–H groups in total. The number of aromatic hydroxyl groups is 1. The number of para-hydroxylation sites is 1. The highest BCUT2D eigenvalue weighted by molar-refractivity contribution is 6.01. The van der Waals surface area contributed by atoms with Crippen LogP contribution in [-0.2, 0) is 6.54 Å². The van der Waals surface area contributed by atoms with Crippen LogP contribution >= 0.6 is 0 Å². The first-order chi connectivity index (χ1) is 13.7. The van der Waals surface area contributed by atoms with Gasteiger partial charge in [0.25, 0.3) is 0 Å². The van der Waals surface area contributed by atoms with E-state index in [0.29, 0.717) is 6.54 Å². The molecule has 0 fully saturated rings. The number of fused-ring (bicyclic) bond motifs is 2. The van der Waals surface area contributed by atoms with Gasteiger partial charge in [0, 0.05) is 22.8 Å². The van der Waals surface area contributed by atoms with Gasteiger partial charge in [0.2, 0.25) is 0 Å². The molecule has 0 aliphatic heterocycles. The van der Waals surface area contributed by atoms with Crippen LogP contribution in [0.4, 0.5) is 0 Å². The van der Waals surface area contributed by atoms with Crippen molar-refractivity contribution < 1.29 is 5.11 Å². The minimum atomic E-state index is 0.130. The van der Waals surface area contributed by atoms with Crippen molar-refractivity contribution >= 4 is 21.8 Å². The van der Waals surface area contributed by atoms with E-state index >= 15 is 0 Å². The van der Waals surface area contributed by atoms with E-state index in [1.165, 1.54) is 0 Å². The highest BCUT2D eigenvalue weighted by atomic mass is 16.3. The molecular weight excluding hydrogens is 346 g/mol. The maximum Gasteiger partial charge on any atom is 0.199 e. The second-order valence-corrected chi connectivity index (χ2v) is 6.90. The Morgan fingerprint density at radius 3 is 2.61 bits per heavy atom. The Balaban J connectivity index is 1.70. The van der Waals surface area contributed by atoms with Gasteiger partial charge in [-0.25, -0.2) is 4.98 Å². The molecule has 0 atom stereocenters. The Labute approximate surface area is 162 Å². The zero-order valence-corrected chi connectivity index (χ0v) is 15.2. The Kier molecular flexibility index (Phi) is 3.85. The van der Waals surface area contributed by atoms with Crippen molar-refractivity contribution in [2.24, 2.45) is 5.73 Å².